The smallest absolute Gasteiger partial charge is 0.205 e. The summed E-state index contributed by atoms with van der Waals surface area (Å²) in [6.45, 7) is 1.98. The van der Waals surface area contributed by atoms with Crippen molar-refractivity contribution in [1.82, 2.24) is 10.2 Å². The van der Waals surface area contributed by atoms with E-state index in [2.05, 4.69) is 21.8 Å². The number of aromatic nitrogens is 2. The Balaban J connectivity index is 1.91. The maximum Gasteiger partial charge on any atom is 0.205 e. The Morgan fingerprint density at radius 3 is 2.77 bits per heavy atom. The molecule has 0 amide bonds. The normalized spacial score (nSPS) is 26.9. The molecule has 1 aliphatic rings. The fourth-order valence-electron chi connectivity index (χ4n) is 1.43. The molecular weight excluding hydrogens is 202 g/mol. The van der Waals surface area contributed by atoms with Gasteiger partial charge in [0.25, 0.3) is 0 Å². The molecule has 0 spiro atoms. The van der Waals surface area contributed by atoms with Gasteiger partial charge in [0, 0.05) is 11.3 Å². The van der Waals surface area contributed by atoms with Crippen LogP contribution >= 0.6 is 23.1 Å². The molecule has 2 atom stereocenters. The van der Waals surface area contributed by atoms with Gasteiger partial charge in [-0.3, -0.25) is 0 Å². The van der Waals surface area contributed by atoms with Crippen LogP contribution in [-0.2, 0) is 0 Å². The van der Waals surface area contributed by atoms with Crippen molar-refractivity contribution in [3.63, 3.8) is 0 Å². The van der Waals surface area contributed by atoms with Crippen LogP contribution in [0.3, 0.4) is 0 Å². The van der Waals surface area contributed by atoms with E-state index >= 15 is 0 Å². The molecule has 0 radical (unpaired) electrons. The molecule has 1 N–H and O–H groups in total. The lowest BCUT2D eigenvalue weighted by atomic mass is 9.92. The molecule has 0 bridgehead atoms. The molecule has 2 unspecified atom stereocenters. The van der Waals surface area contributed by atoms with E-state index in [4.69, 9.17) is 0 Å². The van der Waals surface area contributed by atoms with Gasteiger partial charge in [0.1, 0.15) is 5.01 Å². The fraction of sp³-hybridized carbons (Fsp3) is 0.750. The Morgan fingerprint density at radius 2 is 2.31 bits per heavy atom. The molecule has 5 heteroatoms. The van der Waals surface area contributed by atoms with Crippen molar-refractivity contribution < 1.29 is 0 Å². The van der Waals surface area contributed by atoms with Gasteiger partial charge >= 0.3 is 0 Å². The van der Waals surface area contributed by atoms with Crippen LogP contribution in [0, 0.1) is 6.92 Å². The summed E-state index contributed by atoms with van der Waals surface area (Å²) in [6, 6.07) is 0.613. The Kier molecular flexibility index (Phi) is 2.74. The Bertz CT molecular complexity index is 285. The van der Waals surface area contributed by atoms with Crippen LogP contribution in [0.1, 0.15) is 17.8 Å². The Labute approximate surface area is 86.3 Å². The van der Waals surface area contributed by atoms with Crippen LogP contribution in [0.15, 0.2) is 0 Å². The monoisotopic (exact) mass is 215 g/mol. The zero-order valence-electron chi connectivity index (χ0n) is 7.78. The van der Waals surface area contributed by atoms with E-state index in [1.54, 1.807) is 11.3 Å². The summed E-state index contributed by atoms with van der Waals surface area (Å²) in [6.07, 6.45) is 4.77. The van der Waals surface area contributed by atoms with Crippen LogP contribution < -0.4 is 5.32 Å². The molecule has 1 aliphatic carbocycles. The van der Waals surface area contributed by atoms with Crippen LogP contribution in [0.25, 0.3) is 0 Å². The highest BCUT2D eigenvalue weighted by Crippen LogP contribution is 2.33. The first-order chi connectivity index (χ1) is 6.29. The van der Waals surface area contributed by atoms with Crippen molar-refractivity contribution in [2.24, 2.45) is 0 Å². The summed E-state index contributed by atoms with van der Waals surface area (Å²) < 4.78 is 0. The van der Waals surface area contributed by atoms with Crippen molar-refractivity contribution in [2.75, 3.05) is 11.6 Å². The van der Waals surface area contributed by atoms with E-state index in [0.717, 1.165) is 15.4 Å². The van der Waals surface area contributed by atoms with Gasteiger partial charge in [-0.05, 0) is 26.0 Å². The second kappa shape index (κ2) is 3.84. The van der Waals surface area contributed by atoms with E-state index in [-0.39, 0.29) is 0 Å². The van der Waals surface area contributed by atoms with Gasteiger partial charge in [0.2, 0.25) is 5.13 Å². The van der Waals surface area contributed by atoms with Crippen molar-refractivity contribution in [2.45, 2.75) is 31.1 Å². The molecule has 1 heterocycles. The van der Waals surface area contributed by atoms with Crippen molar-refractivity contribution in [3.8, 4) is 0 Å². The van der Waals surface area contributed by atoms with Crippen molar-refractivity contribution >= 4 is 28.2 Å². The maximum atomic E-state index is 4.05. The number of aryl methyl sites for hydroxylation is 1. The van der Waals surface area contributed by atoms with Crippen LogP contribution in [0.4, 0.5) is 5.13 Å². The van der Waals surface area contributed by atoms with Crippen LogP contribution in [-0.4, -0.2) is 27.7 Å². The maximum absolute atomic E-state index is 4.05. The van der Waals surface area contributed by atoms with Gasteiger partial charge in [-0.15, -0.1) is 10.2 Å². The second-order valence-electron chi connectivity index (χ2n) is 3.23. The number of anilines is 1. The molecule has 2 rings (SSSR count). The van der Waals surface area contributed by atoms with Crippen molar-refractivity contribution in [3.05, 3.63) is 5.01 Å². The molecule has 1 saturated carbocycles. The third-order valence-electron chi connectivity index (χ3n) is 2.35. The molecule has 0 saturated heterocycles. The van der Waals surface area contributed by atoms with Gasteiger partial charge < -0.3 is 5.32 Å². The lowest BCUT2D eigenvalue weighted by Gasteiger charge is -2.35. The quantitative estimate of drug-likeness (QED) is 0.838. The molecule has 1 aromatic rings. The summed E-state index contributed by atoms with van der Waals surface area (Å²) in [5.74, 6) is 0. The lowest BCUT2D eigenvalue weighted by Crippen LogP contribution is -2.40. The molecule has 1 aromatic heterocycles. The van der Waals surface area contributed by atoms with Gasteiger partial charge in [0.05, 0.1) is 0 Å². The minimum Gasteiger partial charge on any atom is -0.356 e. The third-order valence-corrected chi connectivity index (χ3v) is 4.29. The van der Waals surface area contributed by atoms with Gasteiger partial charge in [0.15, 0.2) is 0 Å². The molecule has 3 nitrogen and oxygen atoms in total. The van der Waals surface area contributed by atoms with E-state index in [1.165, 1.54) is 12.8 Å². The Hall–Kier alpha value is -0.290. The van der Waals surface area contributed by atoms with Gasteiger partial charge in [-0.25, -0.2) is 0 Å². The summed E-state index contributed by atoms with van der Waals surface area (Å²) in [4.78, 5) is 0. The predicted molar refractivity (Wildman–Crippen MR) is 58.6 cm³/mol. The van der Waals surface area contributed by atoms with E-state index < -0.39 is 0 Å². The minimum atomic E-state index is 0.613. The highest BCUT2D eigenvalue weighted by Gasteiger charge is 2.30. The number of rotatable bonds is 3. The molecule has 13 heavy (non-hydrogen) atoms. The third kappa shape index (κ3) is 1.96. The van der Waals surface area contributed by atoms with E-state index in [1.807, 2.05) is 18.7 Å². The number of nitrogens with zero attached hydrogens (tertiary/aromatic N) is 2. The fourth-order valence-corrected chi connectivity index (χ4v) is 2.99. The number of hydrogen-bond acceptors (Lipinski definition) is 5. The standard InChI is InChI=1S/C8H13N3S2/c1-5-10-11-8(13-5)9-6-3-4-7(6)12-2/h6-7H,3-4H2,1-2H3,(H,9,11). The molecule has 72 valence electrons. The first-order valence-electron chi connectivity index (χ1n) is 4.39. The average Bonchev–Trinajstić information content (AvgIpc) is 2.46. The summed E-state index contributed by atoms with van der Waals surface area (Å²) in [5.41, 5.74) is 0. The topological polar surface area (TPSA) is 37.8 Å². The Morgan fingerprint density at radius 1 is 1.46 bits per heavy atom. The predicted octanol–water partition coefficient (Wildman–Crippen LogP) is 2.15. The minimum absolute atomic E-state index is 0.613. The average molecular weight is 215 g/mol. The molecule has 1 fully saturated rings. The van der Waals surface area contributed by atoms with E-state index in [0.29, 0.717) is 6.04 Å². The zero-order chi connectivity index (χ0) is 9.26. The first-order valence-corrected chi connectivity index (χ1v) is 6.49. The lowest BCUT2D eigenvalue weighted by molar-refractivity contribution is 0.462. The van der Waals surface area contributed by atoms with Crippen molar-refractivity contribution in [1.29, 1.82) is 0 Å². The highest BCUT2D eigenvalue weighted by molar-refractivity contribution is 7.99. The van der Waals surface area contributed by atoms with Crippen LogP contribution in [0.5, 0.6) is 0 Å². The summed E-state index contributed by atoms with van der Waals surface area (Å²) in [5, 5.41) is 14.2. The highest BCUT2D eigenvalue weighted by atomic mass is 32.2. The molecule has 0 aliphatic heterocycles. The number of hydrogen-bond donors (Lipinski definition) is 1. The van der Waals surface area contributed by atoms with E-state index in [9.17, 15) is 0 Å². The first kappa shape index (κ1) is 9.27. The summed E-state index contributed by atoms with van der Waals surface area (Å²) in [7, 11) is 0. The number of nitrogens with one attached hydrogen (secondary N) is 1. The number of thioether (sulfide) groups is 1. The molecular formula is C8H13N3S2. The summed E-state index contributed by atoms with van der Waals surface area (Å²) >= 11 is 3.57. The largest absolute Gasteiger partial charge is 0.356 e. The van der Waals surface area contributed by atoms with Gasteiger partial charge in [-0.2, -0.15) is 11.8 Å². The SMILES string of the molecule is CSC1CCC1Nc1nnc(C)s1. The zero-order valence-corrected chi connectivity index (χ0v) is 9.41. The van der Waals surface area contributed by atoms with Gasteiger partial charge in [-0.1, -0.05) is 11.3 Å². The molecule has 0 aromatic carbocycles. The van der Waals surface area contributed by atoms with Crippen LogP contribution in [0.2, 0.25) is 0 Å². The second-order valence-corrected chi connectivity index (χ2v) is 5.49.